The minimum Gasteiger partial charge on any atom is -0.135 e. The van der Waals surface area contributed by atoms with Gasteiger partial charge in [-0.3, -0.25) is 0 Å². The summed E-state index contributed by atoms with van der Waals surface area (Å²) in [5.74, 6) is 0. The van der Waals surface area contributed by atoms with Crippen LogP contribution in [0.25, 0.3) is 0 Å². The molecule has 1 radical (unpaired) electrons. The minimum absolute atomic E-state index is 1.02. The SMILES string of the molecule is [B](CSc1ccccc1)c1ccccc1. The van der Waals surface area contributed by atoms with Gasteiger partial charge >= 0.3 is 0 Å². The molecule has 0 bridgehead atoms. The van der Waals surface area contributed by atoms with E-state index in [0.717, 1.165) is 5.65 Å². The third kappa shape index (κ3) is 3.48. The van der Waals surface area contributed by atoms with Crippen molar-refractivity contribution in [2.45, 2.75) is 4.90 Å². The van der Waals surface area contributed by atoms with Gasteiger partial charge in [0.1, 0.15) is 0 Å². The van der Waals surface area contributed by atoms with Crippen LogP contribution in [-0.4, -0.2) is 12.9 Å². The highest BCUT2D eigenvalue weighted by Gasteiger charge is 1.96. The van der Waals surface area contributed by atoms with Gasteiger partial charge in [-0.05, 0) is 17.8 Å². The Labute approximate surface area is 96.0 Å². The van der Waals surface area contributed by atoms with Crippen LogP contribution in [0.1, 0.15) is 0 Å². The zero-order valence-electron chi connectivity index (χ0n) is 8.47. The van der Waals surface area contributed by atoms with Gasteiger partial charge in [-0.15, -0.1) is 11.8 Å². The molecule has 0 saturated heterocycles. The Hall–Kier alpha value is -1.15. The summed E-state index contributed by atoms with van der Waals surface area (Å²) in [6.07, 6.45) is 0. The lowest BCUT2D eigenvalue weighted by atomic mass is 9.73. The Bertz CT molecular complexity index is 346. The quantitative estimate of drug-likeness (QED) is 0.553. The summed E-state index contributed by atoms with van der Waals surface area (Å²) in [6.45, 7) is 0. The normalized spacial score (nSPS) is 9.87. The summed E-state index contributed by atoms with van der Waals surface area (Å²) in [5.41, 5.74) is 2.31. The molecule has 73 valence electrons. The molecule has 0 fully saturated rings. The molecular weight excluding hydrogens is 199 g/mol. The van der Waals surface area contributed by atoms with E-state index < -0.39 is 0 Å². The molecule has 2 heteroatoms. The maximum absolute atomic E-state index is 2.25. The van der Waals surface area contributed by atoms with Gasteiger partial charge < -0.3 is 0 Å². The van der Waals surface area contributed by atoms with E-state index in [1.54, 1.807) is 0 Å². The van der Waals surface area contributed by atoms with Crippen molar-refractivity contribution in [3.63, 3.8) is 0 Å². The van der Waals surface area contributed by atoms with Gasteiger partial charge in [0.2, 0.25) is 0 Å². The maximum Gasteiger partial charge on any atom is 0.164 e. The molecule has 0 spiro atoms. The van der Waals surface area contributed by atoms with E-state index in [9.17, 15) is 0 Å². The zero-order chi connectivity index (χ0) is 10.3. The molecule has 0 atom stereocenters. The molecule has 0 aliphatic heterocycles. The lowest BCUT2D eigenvalue weighted by molar-refractivity contribution is 1.47. The summed E-state index contributed by atoms with van der Waals surface area (Å²) >= 11 is 1.86. The number of thioether (sulfide) groups is 1. The highest BCUT2D eigenvalue weighted by Crippen LogP contribution is 2.15. The molecule has 0 N–H and O–H groups in total. The molecule has 0 heterocycles. The second kappa shape index (κ2) is 5.67. The topological polar surface area (TPSA) is 0 Å². The fourth-order valence-electron chi connectivity index (χ4n) is 1.34. The average molecular weight is 211 g/mol. The average Bonchev–Trinajstić information content (AvgIpc) is 2.32. The predicted molar refractivity (Wildman–Crippen MR) is 69.0 cm³/mol. The van der Waals surface area contributed by atoms with E-state index in [1.807, 2.05) is 23.9 Å². The number of hydrogen-bond donors (Lipinski definition) is 0. The largest absolute Gasteiger partial charge is 0.164 e. The summed E-state index contributed by atoms with van der Waals surface area (Å²) in [6, 6.07) is 20.9. The fourth-order valence-corrected chi connectivity index (χ4v) is 2.16. The van der Waals surface area contributed by atoms with Crippen molar-refractivity contribution in [3.8, 4) is 0 Å². The first kappa shape index (κ1) is 10.4. The Balaban J connectivity index is 1.81. The summed E-state index contributed by atoms with van der Waals surface area (Å²) < 4.78 is 0. The van der Waals surface area contributed by atoms with Crippen molar-refractivity contribution in [3.05, 3.63) is 60.7 Å². The number of benzene rings is 2. The molecule has 2 aromatic carbocycles. The lowest BCUT2D eigenvalue weighted by Crippen LogP contribution is -2.15. The zero-order valence-corrected chi connectivity index (χ0v) is 9.28. The third-order valence-corrected chi connectivity index (χ3v) is 3.05. The van der Waals surface area contributed by atoms with Crippen molar-refractivity contribution in [1.82, 2.24) is 0 Å². The van der Waals surface area contributed by atoms with Crippen molar-refractivity contribution < 1.29 is 0 Å². The Kier molecular flexibility index (Phi) is 3.92. The van der Waals surface area contributed by atoms with Crippen LogP contribution in [0.15, 0.2) is 65.6 Å². The van der Waals surface area contributed by atoms with Gasteiger partial charge in [-0.1, -0.05) is 54.0 Å². The first-order chi connectivity index (χ1) is 7.45. The minimum atomic E-state index is 1.02. The predicted octanol–water partition coefficient (Wildman–Crippen LogP) is 2.77. The van der Waals surface area contributed by atoms with Crippen molar-refractivity contribution in [2.24, 2.45) is 0 Å². The van der Waals surface area contributed by atoms with Crippen LogP contribution in [0.4, 0.5) is 0 Å². The molecule has 15 heavy (non-hydrogen) atoms. The molecule has 0 saturated carbocycles. The van der Waals surface area contributed by atoms with Gasteiger partial charge in [-0.2, -0.15) is 0 Å². The highest BCUT2D eigenvalue weighted by molar-refractivity contribution is 8.00. The molecule has 0 unspecified atom stereocenters. The van der Waals surface area contributed by atoms with Gasteiger partial charge in [-0.25, -0.2) is 0 Å². The van der Waals surface area contributed by atoms with Crippen LogP contribution in [-0.2, 0) is 0 Å². The molecule has 0 nitrogen and oxygen atoms in total. The molecule has 0 aliphatic rings. The highest BCUT2D eigenvalue weighted by atomic mass is 32.2. The third-order valence-electron chi connectivity index (χ3n) is 2.11. The Morgan fingerprint density at radius 3 is 2.07 bits per heavy atom. The molecule has 2 aromatic rings. The Morgan fingerprint density at radius 2 is 1.40 bits per heavy atom. The van der Waals surface area contributed by atoms with E-state index in [-0.39, 0.29) is 0 Å². The van der Waals surface area contributed by atoms with E-state index >= 15 is 0 Å². The first-order valence-electron chi connectivity index (χ1n) is 5.01. The summed E-state index contributed by atoms with van der Waals surface area (Å²) in [7, 11) is 2.25. The van der Waals surface area contributed by atoms with Crippen molar-refractivity contribution >= 4 is 24.5 Å². The van der Waals surface area contributed by atoms with Gasteiger partial charge in [0.15, 0.2) is 7.28 Å². The van der Waals surface area contributed by atoms with Gasteiger partial charge in [0.05, 0.1) is 0 Å². The van der Waals surface area contributed by atoms with Crippen LogP contribution in [0.5, 0.6) is 0 Å². The maximum atomic E-state index is 2.25. The van der Waals surface area contributed by atoms with E-state index in [1.165, 1.54) is 10.4 Å². The number of hydrogen-bond acceptors (Lipinski definition) is 1. The van der Waals surface area contributed by atoms with Crippen LogP contribution in [0, 0.1) is 0 Å². The Morgan fingerprint density at radius 1 is 0.800 bits per heavy atom. The monoisotopic (exact) mass is 211 g/mol. The van der Waals surface area contributed by atoms with Gasteiger partial charge in [0, 0.05) is 4.90 Å². The molecular formula is C13H12BS. The molecule has 2 rings (SSSR count). The van der Waals surface area contributed by atoms with E-state index in [2.05, 4.69) is 55.8 Å². The smallest absolute Gasteiger partial charge is 0.135 e. The summed E-state index contributed by atoms with van der Waals surface area (Å²) in [5, 5.41) is 0. The number of rotatable bonds is 4. The molecule has 0 aliphatic carbocycles. The van der Waals surface area contributed by atoms with Crippen LogP contribution in [0.3, 0.4) is 0 Å². The second-order valence-corrected chi connectivity index (χ2v) is 4.33. The molecule has 0 amide bonds. The van der Waals surface area contributed by atoms with Gasteiger partial charge in [0.25, 0.3) is 0 Å². The van der Waals surface area contributed by atoms with Crippen LogP contribution >= 0.6 is 11.8 Å². The van der Waals surface area contributed by atoms with Crippen molar-refractivity contribution in [1.29, 1.82) is 0 Å². The second-order valence-electron chi connectivity index (χ2n) is 3.24. The van der Waals surface area contributed by atoms with Crippen LogP contribution < -0.4 is 5.46 Å². The van der Waals surface area contributed by atoms with E-state index in [0.29, 0.717) is 0 Å². The first-order valence-corrected chi connectivity index (χ1v) is 6.00. The van der Waals surface area contributed by atoms with E-state index in [4.69, 9.17) is 0 Å². The standard InChI is InChI=1S/C13H12BS/c1-3-7-12(8-4-1)14-11-15-13-9-5-2-6-10-13/h1-10H,11H2. The lowest BCUT2D eigenvalue weighted by Gasteiger charge is -2.00. The molecule has 0 aromatic heterocycles. The van der Waals surface area contributed by atoms with Crippen LogP contribution in [0.2, 0.25) is 0 Å². The van der Waals surface area contributed by atoms with Crippen molar-refractivity contribution in [2.75, 3.05) is 5.65 Å². The summed E-state index contributed by atoms with van der Waals surface area (Å²) in [4.78, 5) is 1.32. The fraction of sp³-hybridized carbons (Fsp3) is 0.0769.